The fourth-order valence-corrected chi connectivity index (χ4v) is 4.10. The van der Waals surface area contributed by atoms with E-state index in [-0.39, 0.29) is 23.2 Å². The lowest BCUT2D eigenvalue weighted by atomic mass is 9.86. The Balaban J connectivity index is 1.50. The van der Waals surface area contributed by atoms with Gasteiger partial charge in [0.15, 0.2) is 6.61 Å². The van der Waals surface area contributed by atoms with E-state index < -0.39 is 24.5 Å². The SMILES string of the molecule is CC1CCCCC1NC(=O)NC(=O)COC(=O)c1ccccc1NC(=O)c1ccsc1. The van der Waals surface area contributed by atoms with E-state index in [1.54, 1.807) is 35.0 Å². The number of hydrogen-bond acceptors (Lipinski definition) is 6. The highest BCUT2D eigenvalue weighted by molar-refractivity contribution is 7.08. The van der Waals surface area contributed by atoms with Gasteiger partial charge in [-0.05, 0) is 42.3 Å². The van der Waals surface area contributed by atoms with Crippen molar-refractivity contribution in [3.63, 3.8) is 0 Å². The monoisotopic (exact) mass is 443 g/mol. The van der Waals surface area contributed by atoms with Gasteiger partial charge in [0.05, 0.1) is 16.8 Å². The molecule has 2 atom stereocenters. The minimum Gasteiger partial charge on any atom is -0.452 e. The first-order chi connectivity index (χ1) is 14.9. The summed E-state index contributed by atoms with van der Waals surface area (Å²) in [7, 11) is 0. The zero-order valence-corrected chi connectivity index (χ0v) is 18.0. The maximum absolute atomic E-state index is 12.4. The summed E-state index contributed by atoms with van der Waals surface area (Å²) in [5, 5.41) is 11.1. The summed E-state index contributed by atoms with van der Waals surface area (Å²) in [4.78, 5) is 48.7. The molecule has 9 heteroatoms. The number of carbonyl (C=O) groups is 4. The molecule has 2 aromatic rings. The van der Waals surface area contributed by atoms with E-state index >= 15 is 0 Å². The molecule has 1 aromatic carbocycles. The van der Waals surface area contributed by atoms with Crippen molar-refractivity contribution in [1.82, 2.24) is 10.6 Å². The van der Waals surface area contributed by atoms with Gasteiger partial charge in [-0.15, -0.1) is 0 Å². The van der Waals surface area contributed by atoms with Gasteiger partial charge >= 0.3 is 12.0 Å². The maximum Gasteiger partial charge on any atom is 0.340 e. The Bertz CT molecular complexity index is 944. The minimum atomic E-state index is -0.780. The molecule has 1 aromatic heterocycles. The summed E-state index contributed by atoms with van der Waals surface area (Å²) >= 11 is 1.39. The van der Waals surface area contributed by atoms with E-state index in [9.17, 15) is 19.2 Å². The summed E-state index contributed by atoms with van der Waals surface area (Å²) < 4.78 is 5.03. The van der Waals surface area contributed by atoms with E-state index in [0.29, 0.717) is 11.5 Å². The van der Waals surface area contributed by atoms with Crippen LogP contribution in [0.3, 0.4) is 0 Å². The first-order valence-corrected chi connectivity index (χ1v) is 11.1. The first-order valence-electron chi connectivity index (χ1n) is 10.1. The van der Waals surface area contributed by atoms with Crippen molar-refractivity contribution in [3.8, 4) is 0 Å². The van der Waals surface area contributed by atoms with Crippen molar-refractivity contribution in [2.75, 3.05) is 11.9 Å². The van der Waals surface area contributed by atoms with Crippen LogP contribution < -0.4 is 16.0 Å². The van der Waals surface area contributed by atoms with Crippen LogP contribution in [0.5, 0.6) is 0 Å². The zero-order valence-electron chi connectivity index (χ0n) is 17.2. The molecular weight excluding hydrogens is 418 g/mol. The average Bonchev–Trinajstić information content (AvgIpc) is 3.29. The van der Waals surface area contributed by atoms with E-state index in [4.69, 9.17) is 4.74 Å². The zero-order chi connectivity index (χ0) is 22.2. The predicted molar refractivity (Wildman–Crippen MR) is 117 cm³/mol. The Morgan fingerprint density at radius 1 is 1.10 bits per heavy atom. The third kappa shape index (κ3) is 6.39. The smallest absolute Gasteiger partial charge is 0.340 e. The average molecular weight is 444 g/mol. The van der Waals surface area contributed by atoms with Crippen LogP contribution in [0.1, 0.15) is 53.3 Å². The molecular formula is C22H25N3O5S. The maximum atomic E-state index is 12.4. The molecule has 8 nitrogen and oxygen atoms in total. The van der Waals surface area contributed by atoms with Crippen LogP contribution >= 0.6 is 11.3 Å². The lowest BCUT2D eigenvalue weighted by Crippen LogP contribution is -2.48. The van der Waals surface area contributed by atoms with Crippen molar-refractivity contribution >= 4 is 40.8 Å². The van der Waals surface area contributed by atoms with Gasteiger partial charge in [0.1, 0.15) is 0 Å². The summed E-state index contributed by atoms with van der Waals surface area (Å²) in [6.45, 7) is 1.46. The van der Waals surface area contributed by atoms with Gasteiger partial charge in [0, 0.05) is 11.4 Å². The van der Waals surface area contributed by atoms with Gasteiger partial charge in [-0.2, -0.15) is 11.3 Å². The standard InChI is InChI=1S/C22H25N3O5S/c1-14-6-2-4-8-17(14)24-22(29)25-19(26)12-30-21(28)16-7-3-5-9-18(16)23-20(27)15-10-11-31-13-15/h3,5,7,9-11,13-14,17H,2,4,6,8,12H2,1H3,(H,23,27)(H2,24,25,26,29). The topological polar surface area (TPSA) is 114 Å². The molecule has 3 rings (SSSR count). The summed E-state index contributed by atoms with van der Waals surface area (Å²) in [5.74, 6) is -1.51. The highest BCUT2D eigenvalue weighted by Crippen LogP contribution is 2.23. The molecule has 1 fully saturated rings. The molecule has 0 spiro atoms. The van der Waals surface area contributed by atoms with E-state index in [2.05, 4.69) is 22.9 Å². The molecule has 0 radical (unpaired) electrons. The molecule has 0 saturated heterocycles. The predicted octanol–water partition coefficient (Wildman–Crippen LogP) is 3.56. The number of benzene rings is 1. The second kappa shape index (κ2) is 10.7. The molecule has 1 saturated carbocycles. The Kier molecular flexibility index (Phi) is 7.77. The lowest BCUT2D eigenvalue weighted by Gasteiger charge is -2.29. The minimum absolute atomic E-state index is 0.0304. The number of rotatable bonds is 6. The van der Waals surface area contributed by atoms with Crippen LogP contribution in [0.4, 0.5) is 10.5 Å². The summed E-state index contributed by atoms with van der Waals surface area (Å²) in [6, 6.07) is 7.45. The molecule has 3 N–H and O–H groups in total. The summed E-state index contributed by atoms with van der Waals surface area (Å²) in [6.07, 6.45) is 4.11. The molecule has 0 bridgehead atoms. The van der Waals surface area contributed by atoms with Crippen molar-refractivity contribution in [3.05, 3.63) is 52.2 Å². The molecule has 2 unspecified atom stereocenters. The number of nitrogens with one attached hydrogen (secondary N) is 3. The number of para-hydroxylation sites is 1. The third-order valence-corrected chi connectivity index (χ3v) is 5.88. The Morgan fingerprint density at radius 3 is 2.61 bits per heavy atom. The molecule has 164 valence electrons. The molecule has 0 aliphatic heterocycles. The number of urea groups is 1. The normalized spacial score (nSPS) is 18.0. The molecule has 1 aliphatic carbocycles. The van der Waals surface area contributed by atoms with Gasteiger partial charge < -0.3 is 15.4 Å². The highest BCUT2D eigenvalue weighted by atomic mass is 32.1. The van der Waals surface area contributed by atoms with Gasteiger partial charge in [0.2, 0.25) is 0 Å². The fourth-order valence-electron chi connectivity index (χ4n) is 3.46. The second-order valence-corrected chi connectivity index (χ2v) is 8.26. The van der Waals surface area contributed by atoms with E-state index in [0.717, 1.165) is 25.7 Å². The van der Waals surface area contributed by atoms with Gasteiger partial charge in [-0.25, -0.2) is 9.59 Å². The highest BCUT2D eigenvalue weighted by Gasteiger charge is 2.24. The van der Waals surface area contributed by atoms with E-state index in [1.165, 1.54) is 17.4 Å². The third-order valence-electron chi connectivity index (χ3n) is 5.19. The molecule has 31 heavy (non-hydrogen) atoms. The van der Waals surface area contributed by atoms with Gasteiger partial charge in [0.25, 0.3) is 11.8 Å². The molecule has 1 aliphatic rings. The lowest BCUT2D eigenvalue weighted by molar-refractivity contribution is -0.123. The van der Waals surface area contributed by atoms with Crippen molar-refractivity contribution in [1.29, 1.82) is 0 Å². The number of imide groups is 1. The number of esters is 1. The number of carbonyl (C=O) groups excluding carboxylic acids is 4. The number of hydrogen-bond donors (Lipinski definition) is 3. The van der Waals surface area contributed by atoms with Crippen molar-refractivity contribution in [2.24, 2.45) is 5.92 Å². The molecule has 1 heterocycles. The van der Waals surface area contributed by atoms with Crippen LogP contribution in [0.2, 0.25) is 0 Å². The van der Waals surface area contributed by atoms with Crippen LogP contribution in [0.15, 0.2) is 41.1 Å². The Morgan fingerprint density at radius 2 is 1.87 bits per heavy atom. The first kappa shape index (κ1) is 22.5. The van der Waals surface area contributed by atoms with Gasteiger partial charge in [-0.1, -0.05) is 31.9 Å². The number of thiophene rings is 1. The quantitative estimate of drug-likeness (QED) is 0.591. The second-order valence-electron chi connectivity index (χ2n) is 7.48. The largest absolute Gasteiger partial charge is 0.452 e. The van der Waals surface area contributed by atoms with Crippen LogP contribution in [0.25, 0.3) is 0 Å². The Hall–Kier alpha value is -3.20. The summed E-state index contributed by atoms with van der Waals surface area (Å²) in [5.41, 5.74) is 0.860. The number of ether oxygens (including phenoxy) is 1. The fraction of sp³-hybridized carbons (Fsp3) is 0.364. The van der Waals surface area contributed by atoms with E-state index in [1.807, 2.05) is 0 Å². The van der Waals surface area contributed by atoms with Crippen LogP contribution in [0, 0.1) is 5.92 Å². The van der Waals surface area contributed by atoms with Gasteiger partial charge in [-0.3, -0.25) is 14.9 Å². The van der Waals surface area contributed by atoms with Crippen LogP contribution in [-0.2, 0) is 9.53 Å². The van der Waals surface area contributed by atoms with Crippen molar-refractivity contribution < 1.29 is 23.9 Å². The molecule has 4 amide bonds. The van der Waals surface area contributed by atoms with Crippen LogP contribution in [-0.4, -0.2) is 36.5 Å². The number of amides is 4. The Labute approximate surface area is 184 Å². The van der Waals surface area contributed by atoms with Crippen molar-refractivity contribution in [2.45, 2.75) is 38.6 Å². The number of anilines is 1.